The Bertz CT molecular complexity index is 1240. The fourth-order valence-electron chi connectivity index (χ4n) is 4.02. The van der Waals surface area contributed by atoms with Crippen LogP contribution in [-0.4, -0.2) is 50.3 Å². The molecule has 3 heterocycles. The topological polar surface area (TPSA) is 99.2 Å². The maximum absolute atomic E-state index is 12.1. The summed E-state index contributed by atoms with van der Waals surface area (Å²) in [5, 5.41) is 5.34. The lowest BCUT2D eigenvalue weighted by Crippen LogP contribution is -2.40. The number of piperidine rings is 1. The molecule has 8 nitrogen and oxygen atoms in total. The molecule has 1 saturated heterocycles. The van der Waals surface area contributed by atoms with Crippen molar-refractivity contribution in [2.75, 3.05) is 25.4 Å². The fourth-order valence-corrected chi connectivity index (χ4v) is 4.02. The molecule has 0 saturated carbocycles. The Morgan fingerprint density at radius 3 is 3.03 bits per heavy atom. The zero-order chi connectivity index (χ0) is 23.4. The van der Waals surface area contributed by atoms with Crippen LogP contribution in [0.3, 0.4) is 0 Å². The van der Waals surface area contributed by atoms with Gasteiger partial charge in [0.15, 0.2) is 5.65 Å². The van der Waals surface area contributed by atoms with Crippen LogP contribution in [-0.2, 0) is 4.79 Å². The van der Waals surface area contributed by atoms with Crippen molar-refractivity contribution in [3.05, 3.63) is 54.5 Å². The van der Waals surface area contributed by atoms with Gasteiger partial charge in [-0.2, -0.15) is 5.10 Å². The molecule has 0 radical (unpaired) electrons. The Morgan fingerprint density at radius 1 is 1.39 bits per heavy atom. The SMILES string of the molecule is C=CC(=O)N1CCC[C@@H](n2nc(C#CCOc3cccc(C(C)C)c3)c3c(N)ncnc32)C1. The van der Waals surface area contributed by atoms with Crippen LogP contribution in [0.25, 0.3) is 11.0 Å². The lowest BCUT2D eigenvalue weighted by molar-refractivity contribution is -0.127. The van der Waals surface area contributed by atoms with Crippen LogP contribution in [0.4, 0.5) is 5.82 Å². The third-order valence-electron chi connectivity index (χ3n) is 5.79. The largest absolute Gasteiger partial charge is 0.481 e. The number of ether oxygens (including phenoxy) is 1. The highest BCUT2D eigenvalue weighted by Gasteiger charge is 2.27. The highest BCUT2D eigenvalue weighted by atomic mass is 16.5. The second kappa shape index (κ2) is 9.74. The lowest BCUT2D eigenvalue weighted by Gasteiger charge is -2.32. The average Bonchev–Trinajstić information content (AvgIpc) is 3.21. The molecule has 1 aromatic carbocycles. The van der Waals surface area contributed by atoms with Crippen LogP contribution >= 0.6 is 0 Å². The Balaban J connectivity index is 1.57. The van der Waals surface area contributed by atoms with Gasteiger partial charge in [-0.1, -0.05) is 38.5 Å². The van der Waals surface area contributed by atoms with Gasteiger partial charge in [-0.15, -0.1) is 0 Å². The van der Waals surface area contributed by atoms with Crippen LogP contribution < -0.4 is 10.5 Å². The van der Waals surface area contributed by atoms with E-state index in [0.717, 1.165) is 18.6 Å². The highest BCUT2D eigenvalue weighted by Crippen LogP contribution is 2.28. The number of likely N-dealkylation sites (tertiary alicyclic amines) is 1. The number of benzene rings is 1. The van der Waals surface area contributed by atoms with Crippen molar-refractivity contribution in [1.82, 2.24) is 24.6 Å². The Morgan fingerprint density at radius 2 is 2.24 bits per heavy atom. The number of fused-ring (bicyclic) bond motifs is 1. The van der Waals surface area contributed by atoms with Gasteiger partial charge < -0.3 is 15.4 Å². The molecule has 1 aliphatic rings. The molecule has 1 atom stereocenters. The first-order chi connectivity index (χ1) is 16.0. The van der Waals surface area contributed by atoms with Crippen LogP contribution in [0, 0.1) is 11.8 Å². The minimum Gasteiger partial charge on any atom is -0.481 e. The van der Waals surface area contributed by atoms with Gasteiger partial charge in [0.05, 0.1) is 11.4 Å². The molecule has 0 spiro atoms. The molecule has 0 unspecified atom stereocenters. The van der Waals surface area contributed by atoms with Crippen LogP contribution in [0.15, 0.2) is 43.2 Å². The smallest absolute Gasteiger partial charge is 0.246 e. The third-order valence-corrected chi connectivity index (χ3v) is 5.79. The minimum atomic E-state index is -0.0796. The van der Waals surface area contributed by atoms with E-state index in [4.69, 9.17) is 15.6 Å². The van der Waals surface area contributed by atoms with Gasteiger partial charge in [-0.25, -0.2) is 14.6 Å². The summed E-state index contributed by atoms with van der Waals surface area (Å²) in [6.45, 7) is 9.34. The molecule has 8 heteroatoms. The summed E-state index contributed by atoms with van der Waals surface area (Å²) >= 11 is 0. The van der Waals surface area contributed by atoms with Gasteiger partial charge in [0.25, 0.3) is 0 Å². The first-order valence-electron chi connectivity index (χ1n) is 11.1. The summed E-state index contributed by atoms with van der Waals surface area (Å²) < 4.78 is 7.64. The summed E-state index contributed by atoms with van der Waals surface area (Å²) in [5.41, 5.74) is 8.50. The summed E-state index contributed by atoms with van der Waals surface area (Å²) in [6.07, 6.45) is 4.52. The van der Waals surface area contributed by atoms with Gasteiger partial charge >= 0.3 is 0 Å². The molecule has 1 amide bonds. The van der Waals surface area contributed by atoms with Crippen molar-refractivity contribution in [2.45, 2.75) is 38.6 Å². The summed E-state index contributed by atoms with van der Waals surface area (Å²) in [5.74, 6) is 7.57. The van der Waals surface area contributed by atoms with Crippen LogP contribution in [0.5, 0.6) is 5.75 Å². The maximum atomic E-state index is 12.1. The number of hydrogen-bond acceptors (Lipinski definition) is 6. The van der Waals surface area contributed by atoms with Crippen LogP contribution in [0.1, 0.15) is 49.9 Å². The van der Waals surface area contributed by atoms with Crippen LogP contribution in [0.2, 0.25) is 0 Å². The van der Waals surface area contributed by atoms with Gasteiger partial charge in [-0.3, -0.25) is 4.79 Å². The van der Waals surface area contributed by atoms with E-state index < -0.39 is 0 Å². The highest BCUT2D eigenvalue weighted by molar-refractivity contribution is 5.90. The number of rotatable bonds is 5. The van der Waals surface area contributed by atoms with Gasteiger partial charge in [0, 0.05) is 13.1 Å². The monoisotopic (exact) mass is 444 g/mol. The summed E-state index contributed by atoms with van der Waals surface area (Å²) in [6, 6.07) is 7.99. The number of aromatic nitrogens is 4. The molecule has 0 bridgehead atoms. The van der Waals surface area contributed by atoms with E-state index in [-0.39, 0.29) is 18.6 Å². The van der Waals surface area contributed by atoms with E-state index in [9.17, 15) is 4.79 Å². The number of amides is 1. The second-order valence-electron chi connectivity index (χ2n) is 8.35. The van der Waals surface area contributed by atoms with Gasteiger partial charge in [-0.05, 0) is 48.5 Å². The second-order valence-corrected chi connectivity index (χ2v) is 8.35. The Hall–Kier alpha value is -3.86. The predicted octanol–water partition coefficient (Wildman–Crippen LogP) is 3.31. The van der Waals surface area contributed by atoms with Crippen molar-refractivity contribution < 1.29 is 9.53 Å². The van der Waals surface area contributed by atoms with E-state index in [1.54, 1.807) is 4.90 Å². The van der Waals surface area contributed by atoms with Gasteiger partial charge in [0.2, 0.25) is 5.91 Å². The molecule has 3 aromatic rings. The third kappa shape index (κ3) is 4.82. The number of anilines is 1. The molecule has 2 N–H and O–H groups in total. The molecule has 1 aliphatic heterocycles. The van der Waals surface area contributed by atoms with E-state index >= 15 is 0 Å². The van der Waals surface area contributed by atoms with E-state index in [2.05, 4.69) is 48.3 Å². The molecule has 2 aromatic heterocycles. The molecule has 170 valence electrons. The molecule has 0 aliphatic carbocycles. The molecule has 4 rings (SSSR count). The number of nitrogens with two attached hydrogens (primary N) is 1. The summed E-state index contributed by atoms with van der Waals surface area (Å²) in [7, 11) is 0. The zero-order valence-electron chi connectivity index (χ0n) is 19.0. The number of nitrogens with zero attached hydrogens (tertiary/aromatic N) is 5. The van der Waals surface area contributed by atoms with Crippen molar-refractivity contribution >= 4 is 22.8 Å². The van der Waals surface area contributed by atoms with Crippen molar-refractivity contribution in [3.8, 4) is 17.6 Å². The number of hydrogen-bond donors (Lipinski definition) is 1. The first-order valence-corrected chi connectivity index (χ1v) is 11.1. The fraction of sp³-hybridized carbons (Fsp3) is 0.360. The van der Waals surface area contributed by atoms with E-state index in [1.807, 2.05) is 22.9 Å². The zero-order valence-corrected chi connectivity index (χ0v) is 19.0. The Kier molecular flexibility index (Phi) is 6.59. The van der Waals surface area contributed by atoms with Crippen molar-refractivity contribution in [3.63, 3.8) is 0 Å². The first kappa shape index (κ1) is 22.3. The number of nitrogen functional groups attached to an aromatic ring is 1. The average molecular weight is 445 g/mol. The van der Waals surface area contributed by atoms with Crippen molar-refractivity contribution in [2.24, 2.45) is 0 Å². The molecule has 1 fully saturated rings. The standard InChI is InChI=1S/C25H28N6O2/c1-4-22(32)30-12-6-9-19(15-30)31-25-23(24(26)27-16-28-25)21(29-31)11-7-13-33-20-10-5-8-18(14-20)17(2)3/h4-5,8,10,14,16-17,19H,1,6,9,12-13,15H2,2-3H3,(H2,26,27,28)/t19-/m1/s1. The number of carbonyl (C=O) groups excluding carboxylic acids is 1. The number of carbonyl (C=O) groups is 1. The molecule has 33 heavy (non-hydrogen) atoms. The van der Waals surface area contributed by atoms with E-state index in [0.29, 0.717) is 41.6 Å². The molecular formula is C25H28N6O2. The van der Waals surface area contributed by atoms with Crippen molar-refractivity contribution in [1.29, 1.82) is 0 Å². The minimum absolute atomic E-state index is 0.0231. The quantitative estimate of drug-likeness (QED) is 0.479. The Labute approximate surface area is 193 Å². The van der Waals surface area contributed by atoms with Gasteiger partial charge in [0.1, 0.15) is 30.2 Å². The predicted molar refractivity (Wildman–Crippen MR) is 128 cm³/mol. The summed E-state index contributed by atoms with van der Waals surface area (Å²) in [4.78, 5) is 22.4. The van der Waals surface area contributed by atoms with E-state index in [1.165, 1.54) is 18.0 Å². The normalized spacial score (nSPS) is 15.8. The maximum Gasteiger partial charge on any atom is 0.246 e. The lowest BCUT2D eigenvalue weighted by atomic mass is 10.0. The molecular weight excluding hydrogens is 416 g/mol.